The van der Waals surface area contributed by atoms with E-state index in [1.165, 1.54) is 25.7 Å². The van der Waals surface area contributed by atoms with Crippen molar-refractivity contribution >= 4 is 0 Å². The van der Waals surface area contributed by atoms with E-state index in [9.17, 15) is 0 Å². The van der Waals surface area contributed by atoms with Crippen molar-refractivity contribution < 1.29 is 0 Å². The van der Waals surface area contributed by atoms with Crippen LogP contribution in [0.5, 0.6) is 0 Å². The first kappa shape index (κ1) is 15.5. The zero-order valence-corrected chi connectivity index (χ0v) is 12.3. The van der Waals surface area contributed by atoms with Gasteiger partial charge in [-0.1, -0.05) is 19.8 Å². The molecule has 1 rings (SSSR count). The Labute approximate surface area is 112 Å². The molecule has 18 heavy (non-hydrogen) atoms. The van der Waals surface area contributed by atoms with E-state index in [1.807, 2.05) is 13.8 Å². The molecule has 2 unspecified atom stereocenters. The minimum absolute atomic E-state index is 0.208. The number of nitrogens with two attached hydrogens (primary N) is 1. The molecular formula is C15H29N3. The van der Waals surface area contributed by atoms with E-state index >= 15 is 0 Å². The number of hydrogen-bond donors (Lipinski definition) is 1. The highest BCUT2D eigenvalue weighted by molar-refractivity contribution is 4.93. The Balaban J connectivity index is 2.56. The van der Waals surface area contributed by atoms with E-state index < -0.39 is 0 Å². The van der Waals surface area contributed by atoms with Crippen molar-refractivity contribution in [3.8, 4) is 6.07 Å². The monoisotopic (exact) mass is 251 g/mol. The van der Waals surface area contributed by atoms with E-state index in [2.05, 4.69) is 17.9 Å². The summed E-state index contributed by atoms with van der Waals surface area (Å²) in [6.45, 7) is 9.19. The van der Waals surface area contributed by atoms with E-state index in [-0.39, 0.29) is 5.41 Å². The molecule has 2 atom stereocenters. The summed E-state index contributed by atoms with van der Waals surface area (Å²) in [5, 5.41) is 9.10. The quantitative estimate of drug-likeness (QED) is 0.789. The fourth-order valence-electron chi connectivity index (χ4n) is 2.98. The number of nitrogens with zero attached hydrogens (tertiary/aromatic N) is 2. The zero-order chi connectivity index (χ0) is 13.6. The van der Waals surface area contributed by atoms with Crippen LogP contribution in [0.25, 0.3) is 0 Å². The summed E-state index contributed by atoms with van der Waals surface area (Å²) in [7, 11) is 0. The molecule has 0 radical (unpaired) electrons. The van der Waals surface area contributed by atoms with E-state index in [0.29, 0.717) is 12.0 Å². The largest absolute Gasteiger partial charge is 0.330 e. The van der Waals surface area contributed by atoms with Gasteiger partial charge in [-0.15, -0.1) is 0 Å². The standard InChI is InChI=1S/C15H29N3/c1-4-18(10-9-15(2,3)12-17)14-8-6-5-7-13(14)11-16/h13-14H,4-11,16H2,1-3H3. The highest BCUT2D eigenvalue weighted by Crippen LogP contribution is 2.29. The Hall–Kier alpha value is -0.590. The van der Waals surface area contributed by atoms with Gasteiger partial charge in [-0.05, 0) is 58.7 Å². The molecule has 3 nitrogen and oxygen atoms in total. The van der Waals surface area contributed by atoms with Gasteiger partial charge in [-0.2, -0.15) is 5.26 Å². The SMILES string of the molecule is CCN(CCC(C)(C)C#N)C1CCCCC1CN. The highest BCUT2D eigenvalue weighted by atomic mass is 15.2. The predicted molar refractivity (Wildman–Crippen MR) is 76.1 cm³/mol. The normalized spacial score (nSPS) is 25.1. The van der Waals surface area contributed by atoms with Gasteiger partial charge in [-0.3, -0.25) is 0 Å². The maximum Gasteiger partial charge on any atom is 0.0684 e. The minimum atomic E-state index is -0.208. The highest BCUT2D eigenvalue weighted by Gasteiger charge is 2.29. The van der Waals surface area contributed by atoms with Crippen LogP contribution in [-0.2, 0) is 0 Å². The van der Waals surface area contributed by atoms with Crippen LogP contribution in [0.4, 0.5) is 0 Å². The molecule has 1 fully saturated rings. The maximum absolute atomic E-state index is 9.10. The summed E-state index contributed by atoms with van der Waals surface area (Å²) in [6, 6.07) is 3.04. The van der Waals surface area contributed by atoms with E-state index in [4.69, 9.17) is 11.0 Å². The van der Waals surface area contributed by atoms with Crippen molar-refractivity contribution in [2.45, 2.75) is 58.9 Å². The molecule has 3 heteroatoms. The molecule has 2 N–H and O–H groups in total. The van der Waals surface area contributed by atoms with Crippen molar-refractivity contribution in [3.63, 3.8) is 0 Å². The lowest BCUT2D eigenvalue weighted by atomic mass is 9.83. The molecular weight excluding hydrogens is 222 g/mol. The van der Waals surface area contributed by atoms with Crippen LogP contribution in [0.1, 0.15) is 52.9 Å². The lowest BCUT2D eigenvalue weighted by Crippen LogP contribution is -2.46. The van der Waals surface area contributed by atoms with Gasteiger partial charge >= 0.3 is 0 Å². The van der Waals surface area contributed by atoms with E-state index in [0.717, 1.165) is 26.1 Å². The van der Waals surface area contributed by atoms with E-state index in [1.54, 1.807) is 0 Å². The van der Waals surface area contributed by atoms with Crippen LogP contribution >= 0.6 is 0 Å². The summed E-state index contributed by atoms with van der Waals surface area (Å²) in [6.07, 6.45) is 6.17. The van der Waals surface area contributed by atoms with Gasteiger partial charge in [-0.25, -0.2) is 0 Å². The zero-order valence-electron chi connectivity index (χ0n) is 12.3. The third-order valence-corrected chi connectivity index (χ3v) is 4.37. The number of rotatable bonds is 6. The Bertz CT molecular complexity index is 280. The summed E-state index contributed by atoms with van der Waals surface area (Å²) < 4.78 is 0. The Morgan fingerprint density at radius 2 is 2.00 bits per heavy atom. The van der Waals surface area contributed by atoms with Crippen molar-refractivity contribution in [1.82, 2.24) is 4.90 Å². The lowest BCUT2D eigenvalue weighted by Gasteiger charge is -2.40. The first-order valence-corrected chi connectivity index (χ1v) is 7.39. The smallest absolute Gasteiger partial charge is 0.0684 e. The molecule has 1 aliphatic rings. The van der Waals surface area contributed by atoms with Crippen molar-refractivity contribution in [3.05, 3.63) is 0 Å². The predicted octanol–water partition coefficient (Wildman–Crippen LogP) is 2.77. The molecule has 0 saturated heterocycles. The molecule has 0 spiro atoms. The maximum atomic E-state index is 9.10. The second-order valence-corrected chi connectivity index (χ2v) is 6.22. The number of nitriles is 1. The van der Waals surface area contributed by atoms with Crippen LogP contribution in [0, 0.1) is 22.7 Å². The molecule has 1 aliphatic carbocycles. The molecule has 0 aromatic carbocycles. The second kappa shape index (κ2) is 7.11. The first-order chi connectivity index (χ1) is 8.54. The van der Waals surface area contributed by atoms with Crippen molar-refractivity contribution in [2.24, 2.45) is 17.1 Å². The average Bonchev–Trinajstić information content (AvgIpc) is 2.40. The molecule has 0 aliphatic heterocycles. The molecule has 0 heterocycles. The summed E-state index contributed by atoms with van der Waals surface area (Å²) in [5.74, 6) is 0.656. The van der Waals surface area contributed by atoms with Gasteiger partial charge in [0.1, 0.15) is 0 Å². The Morgan fingerprint density at radius 3 is 2.56 bits per heavy atom. The summed E-state index contributed by atoms with van der Waals surface area (Å²) in [5.41, 5.74) is 5.71. The van der Waals surface area contributed by atoms with Gasteiger partial charge in [0, 0.05) is 6.04 Å². The van der Waals surface area contributed by atoms with Crippen LogP contribution in [0.3, 0.4) is 0 Å². The Morgan fingerprint density at radius 1 is 1.33 bits per heavy atom. The van der Waals surface area contributed by atoms with Crippen LogP contribution in [0.2, 0.25) is 0 Å². The Kier molecular flexibility index (Phi) is 6.11. The third kappa shape index (κ3) is 4.26. The van der Waals surface area contributed by atoms with Crippen molar-refractivity contribution in [2.75, 3.05) is 19.6 Å². The molecule has 0 aromatic rings. The minimum Gasteiger partial charge on any atom is -0.330 e. The molecule has 1 saturated carbocycles. The van der Waals surface area contributed by atoms with Crippen LogP contribution < -0.4 is 5.73 Å². The second-order valence-electron chi connectivity index (χ2n) is 6.22. The summed E-state index contributed by atoms with van der Waals surface area (Å²) in [4.78, 5) is 2.55. The van der Waals surface area contributed by atoms with Gasteiger partial charge < -0.3 is 10.6 Å². The van der Waals surface area contributed by atoms with Gasteiger partial charge in [0.15, 0.2) is 0 Å². The van der Waals surface area contributed by atoms with Crippen LogP contribution in [0.15, 0.2) is 0 Å². The third-order valence-electron chi connectivity index (χ3n) is 4.37. The van der Waals surface area contributed by atoms with Gasteiger partial charge in [0.25, 0.3) is 0 Å². The average molecular weight is 251 g/mol. The first-order valence-electron chi connectivity index (χ1n) is 7.39. The van der Waals surface area contributed by atoms with Crippen LogP contribution in [-0.4, -0.2) is 30.6 Å². The fourth-order valence-corrected chi connectivity index (χ4v) is 2.98. The van der Waals surface area contributed by atoms with Gasteiger partial charge in [0.05, 0.1) is 11.5 Å². The topological polar surface area (TPSA) is 53.0 Å². The van der Waals surface area contributed by atoms with Crippen molar-refractivity contribution in [1.29, 1.82) is 5.26 Å². The molecule has 104 valence electrons. The van der Waals surface area contributed by atoms with Gasteiger partial charge in [0.2, 0.25) is 0 Å². The molecule has 0 amide bonds. The molecule has 0 bridgehead atoms. The molecule has 0 aromatic heterocycles. The number of hydrogen-bond acceptors (Lipinski definition) is 3. The summed E-state index contributed by atoms with van der Waals surface area (Å²) >= 11 is 0. The lowest BCUT2D eigenvalue weighted by molar-refractivity contribution is 0.103. The fraction of sp³-hybridized carbons (Fsp3) is 0.933.